The van der Waals surface area contributed by atoms with Gasteiger partial charge in [0.15, 0.2) is 0 Å². The lowest BCUT2D eigenvalue weighted by Gasteiger charge is -2.15. The van der Waals surface area contributed by atoms with Gasteiger partial charge in [-0.2, -0.15) is 5.10 Å². The Morgan fingerprint density at radius 1 is 1.07 bits per heavy atom. The molecule has 1 amide bonds. The molecule has 0 atom stereocenters. The number of anilines is 1. The molecule has 3 N–H and O–H groups in total. The quantitative estimate of drug-likeness (QED) is 0.161. The van der Waals surface area contributed by atoms with E-state index in [2.05, 4.69) is 35.4 Å². The van der Waals surface area contributed by atoms with Crippen LogP contribution < -0.4 is 10.1 Å². The number of fused-ring (bicyclic) bond motifs is 2. The van der Waals surface area contributed by atoms with Gasteiger partial charge in [0.1, 0.15) is 35.0 Å². The average Bonchev–Trinajstić information content (AvgIpc) is 3.80. The first-order valence-electron chi connectivity index (χ1n) is 15.3. The maximum atomic E-state index is 14.8. The molecule has 1 saturated heterocycles. The summed E-state index contributed by atoms with van der Waals surface area (Å²) in [6, 6.07) is 14.3. The molecule has 0 saturated carbocycles. The highest BCUT2D eigenvalue weighted by Gasteiger charge is 2.17. The molecule has 6 heterocycles. The fraction of sp³-hybridized carbons (Fsp3) is 0.265. The summed E-state index contributed by atoms with van der Waals surface area (Å²) in [6.07, 6.45) is 8.69. The van der Waals surface area contributed by atoms with E-state index in [1.54, 1.807) is 18.6 Å². The second-order valence-corrected chi connectivity index (χ2v) is 11.3. The monoisotopic (exact) mass is 604 g/mol. The van der Waals surface area contributed by atoms with E-state index in [0.29, 0.717) is 52.6 Å². The number of pyridine rings is 3. The van der Waals surface area contributed by atoms with E-state index in [4.69, 9.17) is 9.72 Å². The Morgan fingerprint density at radius 2 is 1.96 bits per heavy atom. The van der Waals surface area contributed by atoms with Crippen molar-refractivity contribution in [3.05, 3.63) is 72.9 Å². The molecule has 228 valence electrons. The van der Waals surface area contributed by atoms with Crippen molar-refractivity contribution >= 4 is 33.7 Å². The van der Waals surface area contributed by atoms with Crippen LogP contribution in [-0.2, 0) is 4.79 Å². The van der Waals surface area contributed by atoms with Crippen molar-refractivity contribution in [2.45, 2.75) is 32.6 Å². The maximum absolute atomic E-state index is 14.8. The topological polar surface area (TPSA) is 125 Å². The van der Waals surface area contributed by atoms with Gasteiger partial charge < -0.3 is 15.0 Å². The minimum Gasteiger partial charge on any atom is -0.492 e. The van der Waals surface area contributed by atoms with E-state index >= 15 is 0 Å². The first-order valence-corrected chi connectivity index (χ1v) is 15.3. The molecule has 0 spiro atoms. The number of aromatic amines is 2. The van der Waals surface area contributed by atoms with Crippen LogP contribution in [-0.4, -0.2) is 67.2 Å². The van der Waals surface area contributed by atoms with Gasteiger partial charge in [0.25, 0.3) is 0 Å². The predicted octanol–water partition coefficient (Wildman–Crippen LogP) is 6.58. The van der Waals surface area contributed by atoms with E-state index in [-0.39, 0.29) is 11.7 Å². The van der Waals surface area contributed by atoms with Crippen LogP contribution in [0, 0.1) is 5.82 Å². The number of nitrogens with one attached hydrogen (secondary N) is 3. The Morgan fingerprint density at radius 3 is 2.82 bits per heavy atom. The van der Waals surface area contributed by atoms with E-state index < -0.39 is 0 Å². The van der Waals surface area contributed by atoms with Crippen LogP contribution >= 0.6 is 0 Å². The van der Waals surface area contributed by atoms with Crippen LogP contribution in [0.25, 0.3) is 55.8 Å². The van der Waals surface area contributed by atoms with Gasteiger partial charge in [0, 0.05) is 42.4 Å². The van der Waals surface area contributed by atoms with Crippen LogP contribution in [0.1, 0.15) is 32.6 Å². The summed E-state index contributed by atoms with van der Waals surface area (Å²) in [7, 11) is 0. The lowest BCUT2D eigenvalue weighted by atomic mass is 10.0. The second-order valence-electron chi connectivity index (χ2n) is 11.3. The second kappa shape index (κ2) is 12.4. The molecule has 10 nitrogen and oxygen atoms in total. The van der Waals surface area contributed by atoms with Crippen LogP contribution in [0.15, 0.2) is 67.1 Å². The zero-order valence-corrected chi connectivity index (χ0v) is 24.9. The van der Waals surface area contributed by atoms with Gasteiger partial charge in [-0.1, -0.05) is 6.92 Å². The van der Waals surface area contributed by atoms with Crippen molar-refractivity contribution in [2.75, 3.05) is 31.6 Å². The number of amides is 1. The Balaban J connectivity index is 1.19. The fourth-order valence-electron chi connectivity index (χ4n) is 5.85. The standard InChI is InChI=1S/C34H33FN8O2/c1-2-5-31(44)38-24-15-22(19-36-20-24)28-6-7-29-32(39-28)33(42-41-29)30-18-27-26(8-9-37-34(27)40-30)21-14-23(35)17-25(16-21)45-13-12-43-10-3-4-11-43/h6-9,14-20H,2-5,10-13H2,1H3,(H,37,40)(H,38,44)(H,41,42). The minimum atomic E-state index is -0.358. The Labute approximate surface area is 259 Å². The normalized spacial score (nSPS) is 13.6. The molecule has 1 aromatic carbocycles. The summed E-state index contributed by atoms with van der Waals surface area (Å²) < 4.78 is 20.8. The van der Waals surface area contributed by atoms with E-state index in [9.17, 15) is 9.18 Å². The van der Waals surface area contributed by atoms with Crippen molar-refractivity contribution in [3.8, 4) is 39.5 Å². The highest BCUT2D eigenvalue weighted by molar-refractivity contribution is 5.99. The zero-order valence-electron chi connectivity index (χ0n) is 24.9. The highest BCUT2D eigenvalue weighted by atomic mass is 19.1. The van der Waals surface area contributed by atoms with Crippen LogP contribution in [0.3, 0.4) is 0 Å². The number of nitrogens with zero attached hydrogens (tertiary/aromatic N) is 5. The number of halogens is 1. The third-order valence-corrected chi connectivity index (χ3v) is 8.05. The molecule has 1 aliphatic heterocycles. The number of carbonyl (C=O) groups excluding carboxylic acids is 1. The van der Waals surface area contributed by atoms with Gasteiger partial charge in [-0.15, -0.1) is 0 Å². The molecule has 0 aliphatic carbocycles. The summed E-state index contributed by atoms with van der Waals surface area (Å²) in [6.45, 7) is 5.49. The third kappa shape index (κ3) is 6.12. The molecule has 45 heavy (non-hydrogen) atoms. The largest absolute Gasteiger partial charge is 0.492 e. The molecular weight excluding hydrogens is 571 g/mol. The average molecular weight is 605 g/mol. The van der Waals surface area contributed by atoms with Crippen molar-refractivity contribution in [2.24, 2.45) is 0 Å². The Kier molecular flexibility index (Phi) is 7.91. The van der Waals surface area contributed by atoms with Crippen molar-refractivity contribution in [1.29, 1.82) is 0 Å². The van der Waals surface area contributed by atoms with Gasteiger partial charge >= 0.3 is 0 Å². The molecule has 0 radical (unpaired) electrons. The molecule has 6 aromatic rings. The van der Waals surface area contributed by atoms with Gasteiger partial charge in [0.2, 0.25) is 5.91 Å². The van der Waals surface area contributed by atoms with Gasteiger partial charge in [-0.25, -0.2) is 14.4 Å². The summed E-state index contributed by atoms with van der Waals surface area (Å²) in [5.41, 5.74) is 7.03. The third-order valence-electron chi connectivity index (χ3n) is 8.05. The molecule has 0 bridgehead atoms. The van der Waals surface area contributed by atoms with Crippen molar-refractivity contribution in [3.63, 3.8) is 0 Å². The maximum Gasteiger partial charge on any atom is 0.224 e. The van der Waals surface area contributed by atoms with Crippen LogP contribution in [0.4, 0.5) is 10.1 Å². The minimum absolute atomic E-state index is 0.0525. The number of benzene rings is 1. The van der Waals surface area contributed by atoms with Crippen LogP contribution in [0.2, 0.25) is 0 Å². The van der Waals surface area contributed by atoms with Crippen molar-refractivity contribution in [1.82, 2.24) is 35.0 Å². The highest BCUT2D eigenvalue weighted by Crippen LogP contribution is 2.35. The van der Waals surface area contributed by atoms with E-state index in [1.165, 1.54) is 25.0 Å². The van der Waals surface area contributed by atoms with Gasteiger partial charge in [-0.05, 0) is 85.9 Å². The number of carbonyl (C=O) groups is 1. The molecular formula is C34H33FN8O2. The Bertz CT molecular complexity index is 2000. The first-order chi connectivity index (χ1) is 22.0. The summed E-state index contributed by atoms with van der Waals surface area (Å²) in [5.74, 6) is 0.0922. The number of rotatable bonds is 10. The number of likely N-dealkylation sites (tertiary alicyclic amines) is 1. The van der Waals surface area contributed by atoms with Gasteiger partial charge in [0.05, 0.1) is 28.8 Å². The number of hydrogen-bond acceptors (Lipinski definition) is 7. The lowest BCUT2D eigenvalue weighted by Crippen LogP contribution is -2.25. The van der Waals surface area contributed by atoms with Crippen molar-refractivity contribution < 1.29 is 13.9 Å². The summed E-state index contributed by atoms with van der Waals surface area (Å²) in [5, 5.41) is 11.4. The van der Waals surface area contributed by atoms with E-state index in [0.717, 1.165) is 53.8 Å². The molecule has 11 heteroatoms. The van der Waals surface area contributed by atoms with Crippen LogP contribution in [0.5, 0.6) is 5.75 Å². The number of aromatic nitrogens is 6. The van der Waals surface area contributed by atoms with E-state index in [1.807, 2.05) is 43.3 Å². The predicted molar refractivity (Wildman–Crippen MR) is 172 cm³/mol. The number of ether oxygens (including phenoxy) is 1. The molecule has 7 rings (SSSR count). The summed E-state index contributed by atoms with van der Waals surface area (Å²) in [4.78, 5) is 31.6. The zero-order chi connectivity index (χ0) is 30.8. The molecule has 1 fully saturated rings. The number of H-pyrrole nitrogens is 2. The smallest absolute Gasteiger partial charge is 0.224 e. The number of hydrogen-bond donors (Lipinski definition) is 3. The Hall–Kier alpha value is -5.16. The fourth-order valence-corrected chi connectivity index (χ4v) is 5.85. The van der Waals surface area contributed by atoms with Gasteiger partial charge in [-0.3, -0.25) is 19.8 Å². The summed E-state index contributed by atoms with van der Waals surface area (Å²) >= 11 is 0. The molecule has 1 aliphatic rings. The molecule has 0 unspecified atom stereocenters. The first kappa shape index (κ1) is 28.6. The lowest BCUT2D eigenvalue weighted by molar-refractivity contribution is -0.116. The SMILES string of the molecule is CCCC(=O)Nc1cncc(-c2ccc3[nH]nc(-c4cc5c(-c6cc(F)cc(OCCN7CCCC7)c6)ccnc5[nH]4)c3n2)c1. The molecule has 5 aromatic heterocycles.